The van der Waals surface area contributed by atoms with E-state index in [0.29, 0.717) is 15.8 Å². The molecule has 0 fully saturated rings. The lowest BCUT2D eigenvalue weighted by molar-refractivity contribution is 0.478. The van der Waals surface area contributed by atoms with Gasteiger partial charge in [0.25, 0.3) is 0 Å². The first-order valence-electron chi connectivity index (χ1n) is 4.53. The molecule has 0 saturated heterocycles. The van der Waals surface area contributed by atoms with E-state index in [9.17, 15) is 4.39 Å². The Hall–Kier alpha value is -0.840. The summed E-state index contributed by atoms with van der Waals surface area (Å²) in [5, 5.41) is 0.0515. The molecule has 0 aliphatic heterocycles. The highest BCUT2D eigenvalue weighted by atomic mass is 79.9. The Morgan fingerprint density at radius 1 is 1.38 bits per heavy atom. The van der Waals surface area contributed by atoms with Crippen LogP contribution in [0.15, 0.2) is 39.4 Å². The van der Waals surface area contributed by atoms with Crippen LogP contribution in [-0.2, 0) is 0 Å². The zero-order valence-corrected chi connectivity index (χ0v) is 10.4. The molecule has 16 heavy (non-hydrogen) atoms. The molecule has 5 heteroatoms. The summed E-state index contributed by atoms with van der Waals surface area (Å²) in [6.45, 7) is 0. The van der Waals surface area contributed by atoms with Gasteiger partial charge in [-0.15, -0.1) is 0 Å². The molecule has 1 unspecified atom stereocenters. The van der Waals surface area contributed by atoms with Gasteiger partial charge < -0.3 is 10.2 Å². The molecule has 1 atom stereocenters. The van der Waals surface area contributed by atoms with E-state index in [4.69, 9.17) is 21.8 Å². The summed E-state index contributed by atoms with van der Waals surface area (Å²) in [6, 6.07) is 5.74. The molecule has 0 aliphatic rings. The Morgan fingerprint density at radius 2 is 2.12 bits per heavy atom. The van der Waals surface area contributed by atoms with Crippen LogP contribution < -0.4 is 5.73 Å². The van der Waals surface area contributed by atoms with Gasteiger partial charge in [-0.2, -0.15) is 0 Å². The van der Waals surface area contributed by atoms with Crippen molar-refractivity contribution in [1.29, 1.82) is 0 Å². The maximum absolute atomic E-state index is 13.7. The van der Waals surface area contributed by atoms with Crippen molar-refractivity contribution in [3.63, 3.8) is 0 Å². The third-order valence-corrected chi connectivity index (χ3v) is 3.19. The molecule has 0 amide bonds. The number of benzene rings is 1. The molecule has 2 aromatic rings. The Balaban J connectivity index is 2.46. The third-order valence-electron chi connectivity index (χ3n) is 2.24. The molecule has 2 N–H and O–H groups in total. The lowest BCUT2D eigenvalue weighted by Gasteiger charge is -2.11. The van der Waals surface area contributed by atoms with Crippen molar-refractivity contribution >= 4 is 27.5 Å². The van der Waals surface area contributed by atoms with E-state index in [0.717, 1.165) is 0 Å². The van der Waals surface area contributed by atoms with Gasteiger partial charge in [-0.3, -0.25) is 0 Å². The summed E-state index contributed by atoms with van der Waals surface area (Å²) in [4.78, 5) is 0. The minimum absolute atomic E-state index is 0.0515. The van der Waals surface area contributed by atoms with Gasteiger partial charge in [0, 0.05) is 5.56 Å². The van der Waals surface area contributed by atoms with Gasteiger partial charge in [0.1, 0.15) is 11.6 Å². The number of hydrogen-bond donors (Lipinski definition) is 1. The zero-order chi connectivity index (χ0) is 11.7. The summed E-state index contributed by atoms with van der Waals surface area (Å²) in [6.07, 6.45) is 1.49. The summed E-state index contributed by atoms with van der Waals surface area (Å²) in [5.41, 5.74) is 6.22. The molecule has 1 heterocycles. The average molecular weight is 305 g/mol. The van der Waals surface area contributed by atoms with Crippen molar-refractivity contribution in [1.82, 2.24) is 0 Å². The van der Waals surface area contributed by atoms with Gasteiger partial charge in [0.2, 0.25) is 0 Å². The Morgan fingerprint density at radius 3 is 2.75 bits per heavy atom. The summed E-state index contributed by atoms with van der Waals surface area (Å²) in [7, 11) is 0. The van der Waals surface area contributed by atoms with Crippen LogP contribution in [0.2, 0.25) is 5.02 Å². The van der Waals surface area contributed by atoms with Crippen molar-refractivity contribution in [2.75, 3.05) is 0 Å². The molecule has 2 nitrogen and oxygen atoms in total. The SMILES string of the molecule is NC(c1cccc(Cl)c1F)c1occc1Br. The predicted octanol–water partition coefficient (Wildman–Crippen LogP) is 3.88. The molecule has 2 rings (SSSR count). The second-order valence-corrected chi connectivity index (χ2v) is 4.52. The number of halogens is 3. The van der Waals surface area contributed by atoms with Crippen LogP contribution >= 0.6 is 27.5 Å². The van der Waals surface area contributed by atoms with Crippen molar-refractivity contribution in [3.05, 3.63) is 57.2 Å². The molecule has 0 spiro atoms. The van der Waals surface area contributed by atoms with Gasteiger partial charge in [0.05, 0.1) is 21.8 Å². The second-order valence-electron chi connectivity index (χ2n) is 3.25. The summed E-state index contributed by atoms with van der Waals surface area (Å²) >= 11 is 8.96. The van der Waals surface area contributed by atoms with Gasteiger partial charge in [-0.05, 0) is 28.1 Å². The number of furan rings is 1. The average Bonchev–Trinajstić information content (AvgIpc) is 2.68. The third kappa shape index (κ3) is 2.00. The Labute approximate surface area is 105 Å². The molecule has 1 aromatic heterocycles. The van der Waals surface area contributed by atoms with Crippen molar-refractivity contribution < 1.29 is 8.81 Å². The first kappa shape index (κ1) is 11.6. The van der Waals surface area contributed by atoms with E-state index >= 15 is 0 Å². The first-order chi connectivity index (χ1) is 7.61. The van der Waals surface area contributed by atoms with Crippen molar-refractivity contribution in [3.8, 4) is 0 Å². The smallest absolute Gasteiger partial charge is 0.147 e. The number of nitrogens with two attached hydrogens (primary N) is 1. The lowest BCUT2D eigenvalue weighted by atomic mass is 10.1. The molecule has 0 radical (unpaired) electrons. The second kappa shape index (κ2) is 4.57. The predicted molar refractivity (Wildman–Crippen MR) is 63.8 cm³/mol. The van der Waals surface area contributed by atoms with Gasteiger partial charge in [0.15, 0.2) is 0 Å². The van der Waals surface area contributed by atoms with Crippen molar-refractivity contribution in [2.45, 2.75) is 6.04 Å². The van der Waals surface area contributed by atoms with Crippen LogP contribution in [0.25, 0.3) is 0 Å². The molecule has 1 aromatic carbocycles. The molecule has 0 bridgehead atoms. The molecule has 84 valence electrons. The summed E-state index contributed by atoms with van der Waals surface area (Å²) < 4.78 is 19.6. The number of rotatable bonds is 2. The maximum Gasteiger partial charge on any atom is 0.147 e. The molecular weight excluding hydrogens is 296 g/mol. The zero-order valence-electron chi connectivity index (χ0n) is 8.08. The maximum atomic E-state index is 13.7. The van der Waals surface area contributed by atoms with Crippen LogP contribution in [0.1, 0.15) is 17.4 Å². The van der Waals surface area contributed by atoms with Gasteiger partial charge >= 0.3 is 0 Å². The van der Waals surface area contributed by atoms with E-state index in [1.165, 1.54) is 12.3 Å². The summed E-state index contributed by atoms with van der Waals surface area (Å²) in [5.74, 6) is -0.0406. The van der Waals surface area contributed by atoms with Crippen LogP contribution in [0, 0.1) is 5.82 Å². The van der Waals surface area contributed by atoms with Crippen LogP contribution in [0.4, 0.5) is 4.39 Å². The first-order valence-corrected chi connectivity index (χ1v) is 5.70. The van der Waals surface area contributed by atoms with Crippen LogP contribution in [-0.4, -0.2) is 0 Å². The van der Waals surface area contributed by atoms with Gasteiger partial charge in [-0.25, -0.2) is 4.39 Å². The van der Waals surface area contributed by atoms with Crippen LogP contribution in [0.5, 0.6) is 0 Å². The lowest BCUT2D eigenvalue weighted by Crippen LogP contribution is -2.13. The quantitative estimate of drug-likeness (QED) is 0.914. The fraction of sp³-hybridized carbons (Fsp3) is 0.0909. The minimum Gasteiger partial charge on any atom is -0.466 e. The van der Waals surface area contributed by atoms with Crippen LogP contribution in [0.3, 0.4) is 0 Å². The minimum atomic E-state index is -0.678. The fourth-order valence-electron chi connectivity index (χ4n) is 1.43. The Kier molecular flexibility index (Phi) is 3.33. The fourth-order valence-corrected chi connectivity index (χ4v) is 2.06. The normalized spacial score (nSPS) is 12.8. The van der Waals surface area contributed by atoms with E-state index < -0.39 is 11.9 Å². The largest absolute Gasteiger partial charge is 0.466 e. The van der Waals surface area contributed by atoms with E-state index in [1.807, 2.05) is 0 Å². The van der Waals surface area contributed by atoms with E-state index in [-0.39, 0.29) is 5.02 Å². The standard InChI is InChI=1S/C11H8BrClFNO/c12-7-4-5-16-11(7)10(15)6-2-1-3-8(13)9(6)14/h1-5,10H,15H2. The number of hydrogen-bond acceptors (Lipinski definition) is 2. The molecular formula is C11H8BrClFNO. The monoisotopic (exact) mass is 303 g/mol. The Bertz CT molecular complexity index is 514. The van der Waals surface area contributed by atoms with E-state index in [2.05, 4.69) is 15.9 Å². The topological polar surface area (TPSA) is 39.2 Å². The molecule has 0 aliphatic carbocycles. The highest BCUT2D eigenvalue weighted by molar-refractivity contribution is 9.10. The van der Waals surface area contributed by atoms with Gasteiger partial charge in [-0.1, -0.05) is 23.7 Å². The van der Waals surface area contributed by atoms with E-state index in [1.54, 1.807) is 18.2 Å². The highest BCUT2D eigenvalue weighted by Gasteiger charge is 2.20. The molecule has 0 saturated carbocycles. The van der Waals surface area contributed by atoms with Crippen molar-refractivity contribution in [2.24, 2.45) is 5.73 Å². The highest BCUT2D eigenvalue weighted by Crippen LogP contribution is 2.30.